The Balaban J connectivity index is 1.53. The van der Waals surface area contributed by atoms with Gasteiger partial charge < -0.3 is 15.6 Å². The van der Waals surface area contributed by atoms with Crippen LogP contribution in [0.4, 0.5) is 5.95 Å². The van der Waals surface area contributed by atoms with E-state index >= 15 is 0 Å². The van der Waals surface area contributed by atoms with Crippen LogP contribution in [0, 0.1) is 12.8 Å². The molecule has 0 aliphatic heterocycles. The van der Waals surface area contributed by atoms with Crippen molar-refractivity contribution in [2.24, 2.45) is 13.0 Å². The lowest BCUT2D eigenvalue weighted by molar-refractivity contribution is -0.143. The Bertz CT molecular complexity index is 1060. The highest BCUT2D eigenvalue weighted by atomic mass is 16.5. The highest BCUT2D eigenvalue weighted by molar-refractivity contribution is 5.70. The van der Waals surface area contributed by atoms with Crippen molar-refractivity contribution < 1.29 is 14.6 Å². The number of nitrogen functional groups attached to an aromatic ring is 1. The van der Waals surface area contributed by atoms with Crippen molar-refractivity contribution in [1.29, 1.82) is 0 Å². The molecular weight excluding hydrogens is 390 g/mol. The Morgan fingerprint density at radius 1 is 1.30 bits per heavy atom. The number of nitrogens with two attached hydrogens (primary N) is 1. The molecule has 1 aliphatic carbocycles. The molecule has 1 fully saturated rings. The monoisotopic (exact) mass is 413 g/mol. The summed E-state index contributed by atoms with van der Waals surface area (Å²) in [6.07, 6.45) is 2.78. The first-order chi connectivity index (χ1) is 14.4. The summed E-state index contributed by atoms with van der Waals surface area (Å²) >= 11 is 0. The first kappa shape index (κ1) is 19.7. The van der Waals surface area contributed by atoms with Crippen molar-refractivity contribution in [3.8, 4) is 17.1 Å². The quantitative estimate of drug-likeness (QED) is 0.592. The number of tetrazole rings is 1. The lowest BCUT2D eigenvalue weighted by Crippen LogP contribution is -2.29. The number of hydrogen-bond acceptors (Lipinski definition) is 9. The van der Waals surface area contributed by atoms with E-state index in [1.54, 1.807) is 11.7 Å². The highest BCUT2D eigenvalue weighted by Gasteiger charge is 2.28. The molecular formula is C18H23N9O3. The predicted octanol–water partition coefficient (Wildman–Crippen LogP) is 0.825. The fourth-order valence-electron chi connectivity index (χ4n) is 3.67. The molecule has 0 amide bonds. The summed E-state index contributed by atoms with van der Waals surface area (Å²) in [5, 5.41) is 29.1. The van der Waals surface area contributed by atoms with Crippen LogP contribution < -0.4 is 10.5 Å². The molecule has 30 heavy (non-hydrogen) atoms. The molecule has 3 aromatic rings. The molecule has 0 unspecified atom stereocenters. The molecule has 3 heterocycles. The van der Waals surface area contributed by atoms with Gasteiger partial charge in [0, 0.05) is 7.05 Å². The summed E-state index contributed by atoms with van der Waals surface area (Å²) in [6.45, 7) is 2.15. The lowest BCUT2D eigenvalue weighted by Gasteiger charge is -2.27. The average molecular weight is 413 g/mol. The van der Waals surface area contributed by atoms with E-state index in [9.17, 15) is 9.90 Å². The summed E-state index contributed by atoms with van der Waals surface area (Å²) in [7, 11) is 1.78. The van der Waals surface area contributed by atoms with Crippen molar-refractivity contribution in [3.05, 3.63) is 23.5 Å². The molecule has 3 aromatic heterocycles. The van der Waals surface area contributed by atoms with Crippen molar-refractivity contribution in [2.45, 2.75) is 45.3 Å². The summed E-state index contributed by atoms with van der Waals surface area (Å²) in [4.78, 5) is 17.3. The third kappa shape index (κ3) is 4.07. The SMILES string of the molecule is Cc1nc(-c2nnn(C)c2Cn2nnc(N)n2)ccc1O[C@H]1CCC[C@H](C(=O)O)C1. The highest BCUT2D eigenvalue weighted by Crippen LogP contribution is 2.30. The van der Waals surface area contributed by atoms with Crippen molar-refractivity contribution in [3.63, 3.8) is 0 Å². The van der Waals surface area contributed by atoms with Crippen molar-refractivity contribution in [2.75, 3.05) is 5.73 Å². The number of ether oxygens (including phenoxy) is 1. The second-order valence-electron chi connectivity index (χ2n) is 7.41. The van der Waals surface area contributed by atoms with Crippen LogP contribution in [-0.4, -0.2) is 57.4 Å². The third-order valence-corrected chi connectivity index (χ3v) is 5.25. The van der Waals surface area contributed by atoms with Crippen LogP contribution in [0.25, 0.3) is 11.4 Å². The number of aromatic nitrogens is 8. The summed E-state index contributed by atoms with van der Waals surface area (Å²) in [5.41, 5.74) is 8.23. The molecule has 12 heteroatoms. The number of nitrogens with zero attached hydrogens (tertiary/aromatic N) is 8. The molecule has 0 bridgehead atoms. The molecule has 0 saturated heterocycles. The fraction of sp³-hybridized carbons (Fsp3) is 0.500. The van der Waals surface area contributed by atoms with E-state index in [0.29, 0.717) is 42.2 Å². The number of aryl methyl sites for hydroxylation is 2. The first-order valence-corrected chi connectivity index (χ1v) is 9.70. The first-order valence-electron chi connectivity index (χ1n) is 9.70. The van der Waals surface area contributed by atoms with Gasteiger partial charge in [-0.05, 0) is 50.0 Å². The van der Waals surface area contributed by atoms with Crippen LogP contribution in [-0.2, 0) is 18.4 Å². The molecule has 12 nitrogen and oxygen atoms in total. The molecule has 0 radical (unpaired) electrons. The maximum absolute atomic E-state index is 11.3. The van der Waals surface area contributed by atoms with E-state index in [2.05, 4.69) is 30.7 Å². The Morgan fingerprint density at radius 3 is 2.83 bits per heavy atom. The van der Waals surface area contributed by atoms with Gasteiger partial charge in [-0.2, -0.15) is 4.80 Å². The van der Waals surface area contributed by atoms with Gasteiger partial charge in [0.05, 0.1) is 29.1 Å². The van der Waals surface area contributed by atoms with Gasteiger partial charge in [-0.3, -0.25) is 4.79 Å². The Hall–Kier alpha value is -3.57. The number of rotatable bonds is 6. The second kappa shape index (κ2) is 8.05. The maximum Gasteiger partial charge on any atom is 0.306 e. The van der Waals surface area contributed by atoms with Gasteiger partial charge in [-0.25, -0.2) is 9.67 Å². The number of carboxylic acid groups (broad SMARTS) is 1. The van der Waals surface area contributed by atoms with Gasteiger partial charge in [0.25, 0.3) is 5.95 Å². The van der Waals surface area contributed by atoms with Gasteiger partial charge in [0.15, 0.2) is 0 Å². The van der Waals surface area contributed by atoms with E-state index in [1.165, 1.54) is 4.80 Å². The fourth-order valence-corrected chi connectivity index (χ4v) is 3.67. The molecule has 1 saturated carbocycles. The topological polar surface area (TPSA) is 160 Å². The molecule has 2 atom stereocenters. The zero-order valence-corrected chi connectivity index (χ0v) is 16.8. The van der Waals surface area contributed by atoms with Crippen LogP contribution in [0.1, 0.15) is 37.1 Å². The van der Waals surface area contributed by atoms with Crippen LogP contribution in [0.5, 0.6) is 5.75 Å². The van der Waals surface area contributed by atoms with E-state index in [4.69, 9.17) is 10.5 Å². The van der Waals surface area contributed by atoms with E-state index < -0.39 is 5.97 Å². The van der Waals surface area contributed by atoms with Crippen LogP contribution in [0.15, 0.2) is 12.1 Å². The second-order valence-corrected chi connectivity index (χ2v) is 7.41. The van der Waals surface area contributed by atoms with Gasteiger partial charge in [-0.1, -0.05) is 10.3 Å². The van der Waals surface area contributed by atoms with E-state index in [0.717, 1.165) is 18.5 Å². The Labute approximate surface area is 172 Å². The molecule has 0 spiro atoms. The van der Waals surface area contributed by atoms with Crippen molar-refractivity contribution in [1.82, 2.24) is 40.2 Å². The van der Waals surface area contributed by atoms with Crippen LogP contribution in [0.3, 0.4) is 0 Å². The Morgan fingerprint density at radius 2 is 2.13 bits per heavy atom. The van der Waals surface area contributed by atoms with Gasteiger partial charge in [0.1, 0.15) is 18.0 Å². The van der Waals surface area contributed by atoms with Crippen LogP contribution in [0.2, 0.25) is 0 Å². The largest absolute Gasteiger partial charge is 0.489 e. The molecule has 4 rings (SSSR count). The van der Waals surface area contributed by atoms with Gasteiger partial charge >= 0.3 is 5.97 Å². The number of carbonyl (C=O) groups is 1. The minimum atomic E-state index is -0.757. The van der Waals surface area contributed by atoms with Crippen molar-refractivity contribution >= 4 is 11.9 Å². The minimum absolute atomic E-state index is 0.0926. The molecule has 1 aliphatic rings. The molecule has 158 valence electrons. The van der Waals surface area contributed by atoms with E-state index in [-0.39, 0.29) is 18.0 Å². The third-order valence-electron chi connectivity index (χ3n) is 5.25. The number of aliphatic carboxylic acids is 1. The number of anilines is 1. The van der Waals surface area contributed by atoms with Gasteiger partial charge in [-0.15, -0.1) is 10.2 Å². The Kier molecular flexibility index (Phi) is 5.29. The molecule has 3 N–H and O–H groups in total. The lowest BCUT2D eigenvalue weighted by atomic mass is 9.87. The predicted molar refractivity (Wildman–Crippen MR) is 104 cm³/mol. The maximum atomic E-state index is 11.3. The van der Waals surface area contributed by atoms with E-state index in [1.807, 2.05) is 19.1 Å². The number of carboxylic acids is 1. The zero-order valence-electron chi connectivity index (χ0n) is 16.8. The summed E-state index contributed by atoms with van der Waals surface area (Å²) < 4.78 is 7.71. The smallest absolute Gasteiger partial charge is 0.306 e. The summed E-state index contributed by atoms with van der Waals surface area (Å²) in [6, 6.07) is 3.66. The average Bonchev–Trinajstić information content (AvgIpc) is 3.29. The number of hydrogen-bond donors (Lipinski definition) is 2. The normalized spacial score (nSPS) is 19.0. The minimum Gasteiger partial charge on any atom is -0.489 e. The summed E-state index contributed by atoms with van der Waals surface area (Å²) in [5.74, 6) is -0.369. The standard InChI is InChI=1S/C18H23N9O3/c1-10-15(30-12-5-3-4-11(8-12)17(28)29)7-6-13(20-10)16-14(26(2)24-21-16)9-27-23-18(19)22-25-27/h6-7,11-12H,3-5,8-9H2,1-2H3,(H2,19,23)(H,28,29)/t11-,12-/m0/s1. The number of pyridine rings is 1. The van der Waals surface area contributed by atoms with Gasteiger partial charge in [0.2, 0.25) is 0 Å². The zero-order chi connectivity index (χ0) is 21.3. The molecule has 0 aromatic carbocycles. The van der Waals surface area contributed by atoms with Crippen LogP contribution >= 0.6 is 0 Å².